The molecule has 6 nitrogen and oxygen atoms in total. The third-order valence-electron chi connectivity index (χ3n) is 5.76. The summed E-state index contributed by atoms with van der Waals surface area (Å²) < 4.78 is 18.1. The van der Waals surface area contributed by atoms with Crippen LogP contribution in [0.25, 0.3) is 0 Å². The summed E-state index contributed by atoms with van der Waals surface area (Å²) in [5, 5.41) is 2.90. The van der Waals surface area contributed by atoms with Crippen LogP contribution in [0, 0.1) is 5.82 Å². The van der Waals surface area contributed by atoms with Gasteiger partial charge in [0.05, 0.1) is 13.2 Å². The summed E-state index contributed by atoms with van der Waals surface area (Å²) in [6, 6.07) is 13.6. The maximum atomic E-state index is 13.0. The zero-order valence-corrected chi connectivity index (χ0v) is 18.1. The number of nitrogens with zero attached hydrogens (tertiary/aromatic N) is 2. The molecule has 1 fully saturated rings. The molecule has 166 valence electrons. The van der Waals surface area contributed by atoms with Crippen molar-refractivity contribution in [3.63, 3.8) is 0 Å². The van der Waals surface area contributed by atoms with Gasteiger partial charge in [-0.05, 0) is 48.7 Å². The monoisotopic (exact) mass is 427 g/mol. The summed E-state index contributed by atoms with van der Waals surface area (Å²) in [5.74, 6) is 0.592. The van der Waals surface area contributed by atoms with Crippen molar-refractivity contribution in [1.29, 1.82) is 0 Å². The molecule has 1 N–H and O–H groups in total. The molecule has 0 saturated carbocycles. The second-order valence-corrected chi connectivity index (χ2v) is 7.79. The first-order chi connectivity index (χ1) is 15.0. The van der Waals surface area contributed by atoms with Gasteiger partial charge < -0.3 is 15.0 Å². The number of nitrogens with one attached hydrogen (secondary N) is 1. The molecule has 1 unspecified atom stereocenters. The van der Waals surface area contributed by atoms with Crippen LogP contribution in [0.15, 0.2) is 48.5 Å². The average molecular weight is 428 g/mol. The van der Waals surface area contributed by atoms with Crippen molar-refractivity contribution in [2.24, 2.45) is 0 Å². The molecule has 0 spiro atoms. The van der Waals surface area contributed by atoms with Crippen molar-refractivity contribution >= 4 is 11.8 Å². The highest BCUT2D eigenvalue weighted by Crippen LogP contribution is 2.14. The predicted molar refractivity (Wildman–Crippen MR) is 117 cm³/mol. The van der Waals surface area contributed by atoms with E-state index < -0.39 is 0 Å². The smallest absolute Gasteiger partial charge is 0.237 e. The number of hydrogen-bond acceptors (Lipinski definition) is 4. The zero-order valence-electron chi connectivity index (χ0n) is 18.1. The number of ether oxygens (including phenoxy) is 1. The van der Waals surface area contributed by atoms with Gasteiger partial charge in [0.1, 0.15) is 11.6 Å². The lowest BCUT2D eigenvalue weighted by atomic mass is 10.1. The average Bonchev–Trinajstić information content (AvgIpc) is 2.82. The van der Waals surface area contributed by atoms with Crippen LogP contribution in [0.1, 0.15) is 24.5 Å². The second-order valence-electron chi connectivity index (χ2n) is 7.79. The van der Waals surface area contributed by atoms with Gasteiger partial charge in [0.15, 0.2) is 0 Å². The van der Waals surface area contributed by atoms with E-state index in [2.05, 4.69) is 10.2 Å². The van der Waals surface area contributed by atoms with Gasteiger partial charge >= 0.3 is 0 Å². The topological polar surface area (TPSA) is 61.9 Å². The van der Waals surface area contributed by atoms with Gasteiger partial charge in [-0.25, -0.2) is 4.39 Å². The first-order valence-corrected chi connectivity index (χ1v) is 10.6. The van der Waals surface area contributed by atoms with Crippen molar-refractivity contribution in [1.82, 2.24) is 15.1 Å². The maximum absolute atomic E-state index is 13.0. The Morgan fingerprint density at radius 2 is 1.61 bits per heavy atom. The third kappa shape index (κ3) is 6.52. The maximum Gasteiger partial charge on any atom is 0.237 e. The fourth-order valence-electron chi connectivity index (χ4n) is 3.67. The van der Waals surface area contributed by atoms with Crippen LogP contribution in [0.5, 0.6) is 5.75 Å². The third-order valence-corrected chi connectivity index (χ3v) is 5.76. The van der Waals surface area contributed by atoms with Crippen LogP contribution < -0.4 is 10.1 Å². The van der Waals surface area contributed by atoms with E-state index in [1.807, 2.05) is 36.1 Å². The van der Waals surface area contributed by atoms with Gasteiger partial charge in [0.25, 0.3) is 0 Å². The summed E-state index contributed by atoms with van der Waals surface area (Å²) in [6.45, 7) is 4.82. The van der Waals surface area contributed by atoms with Crippen LogP contribution in [0.2, 0.25) is 0 Å². The molecular weight excluding hydrogens is 397 g/mol. The van der Waals surface area contributed by atoms with E-state index in [9.17, 15) is 14.0 Å². The molecule has 2 aromatic carbocycles. The number of hydrogen-bond donors (Lipinski definition) is 1. The van der Waals surface area contributed by atoms with Crippen LogP contribution in [0.4, 0.5) is 4.39 Å². The molecule has 1 aliphatic heterocycles. The molecular formula is C24H30FN3O3. The summed E-state index contributed by atoms with van der Waals surface area (Å²) in [7, 11) is 1.63. The standard InChI is InChI=1S/C24H30FN3O3/c1-18(24(30)26-17-20-3-8-21(25)9-4-20)27-13-15-28(16-14-27)23(29)12-7-19-5-10-22(31-2)11-6-19/h3-6,8-11,18H,7,12-17H2,1-2H3,(H,26,30). The Balaban J connectivity index is 1.39. The number of rotatable bonds is 8. The lowest BCUT2D eigenvalue weighted by Gasteiger charge is -2.37. The summed E-state index contributed by atoms with van der Waals surface area (Å²) >= 11 is 0. The van der Waals surface area contributed by atoms with E-state index in [1.165, 1.54) is 12.1 Å². The van der Waals surface area contributed by atoms with Gasteiger partial charge in [-0.15, -0.1) is 0 Å². The van der Waals surface area contributed by atoms with Crippen molar-refractivity contribution in [2.75, 3.05) is 33.3 Å². The van der Waals surface area contributed by atoms with Gasteiger partial charge in [-0.2, -0.15) is 0 Å². The molecule has 1 heterocycles. The molecule has 1 saturated heterocycles. The molecule has 31 heavy (non-hydrogen) atoms. The van der Waals surface area contributed by atoms with E-state index >= 15 is 0 Å². The number of piperazine rings is 1. The second kappa shape index (κ2) is 10.9. The van der Waals surface area contributed by atoms with Gasteiger partial charge in [-0.1, -0.05) is 24.3 Å². The number of carbonyl (C=O) groups is 2. The highest BCUT2D eigenvalue weighted by Gasteiger charge is 2.27. The summed E-state index contributed by atoms with van der Waals surface area (Å²) in [6.07, 6.45) is 1.17. The van der Waals surface area contributed by atoms with Crippen LogP contribution >= 0.6 is 0 Å². The lowest BCUT2D eigenvalue weighted by Crippen LogP contribution is -2.54. The Kier molecular flexibility index (Phi) is 8.00. The molecule has 0 aliphatic carbocycles. The molecule has 7 heteroatoms. The molecule has 3 rings (SSSR count). The SMILES string of the molecule is COc1ccc(CCC(=O)N2CCN(C(C)C(=O)NCc3ccc(F)cc3)CC2)cc1. The lowest BCUT2D eigenvalue weighted by molar-refractivity contribution is -0.134. The fourth-order valence-corrected chi connectivity index (χ4v) is 3.67. The molecule has 2 amide bonds. The van der Waals surface area contributed by atoms with Crippen molar-refractivity contribution in [3.05, 3.63) is 65.5 Å². The van der Waals surface area contributed by atoms with Crippen molar-refractivity contribution < 1.29 is 18.7 Å². The highest BCUT2D eigenvalue weighted by molar-refractivity contribution is 5.81. The number of aryl methyl sites for hydroxylation is 1. The Labute approximate surface area is 183 Å². The minimum atomic E-state index is -0.292. The number of methoxy groups -OCH3 is 1. The molecule has 0 radical (unpaired) electrons. The predicted octanol–water partition coefficient (Wildman–Crippen LogP) is 2.62. The minimum absolute atomic E-state index is 0.0661. The number of benzene rings is 2. The summed E-state index contributed by atoms with van der Waals surface area (Å²) in [4.78, 5) is 29.0. The van der Waals surface area contributed by atoms with E-state index in [0.29, 0.717) is 45.6 Å². The van der Waals surface area contributed by atoms with E-state index in [4.69, 9.17) is 4.74 Å². The Bertz CT molecular complexity index is 863. The van der Waals surface area contributed by atoms with Crippen LogP contribution in [0.3, 0.4) is 0 Å². The minimum Gasteiger partial charge on any atom is -0.497 e. The molecule has 1 atom stereocenters. The molecule has 0 bridgehead atoms. The first kappa shape index (κ1) is 22.7. The Hall–Kier alpha value is -2.93. The van der Waals surface area contributed by atoms with Gasteiger partial charge in [0, 0.05) is 39.1 Å². The largest absolute Gasteiger partial charge is 0.497 e. The Morgan fingerprint density at radius 3 is 2.23 bits per heavy atom. The summed E-state index contributed by atoms with van der Waals surface area (Å²) in [5.41, 5.74) is 1.97. The number of amides is 2. The normalized spacial score (nSPS) is 15.4. The van der Waals surface area contributed by atoms with E-state index in [1.54, 1.807) is 19.2 Å². The number of carbonyl (C=O) groups excluding carboxylic acids is 2. The Morgan fingerprint density at radius 1 is 1.00 bits per heavy atom. The number of halogens is 1. The first-order valence-electron chi connectivity index (χ1n) is 10.6. The van der Waals surface area contributed by atoms with Crippen LogP contribution in [-0.4, -0.2) is 60.9 Å². The van der Waals surface area contributed by atoms with Crippen LogP contribution in [-0.2, 0) is 22.6 Å². The molecule has 1 aliphatic rings. The van der Waals surface area contributed by atoms with Crippen molar-refractivity contribution in [3.8, 4) is 5.75 Å². The van der Waals surface area contributed by atoms with E-state index in [-0.39, 0.29) is 23.7 Å². The van der Waals surface area contributed by atoms with E-state index in [0.717, 1.165) is 16.9 Å². The van der Waals surface area contributed by atoms with Gasteiger partial charge in [-0.3, -0.25) is 14.5 Å². The molecule has 0 aromatic heterocycles. The highest BCUT2D eigenvalue weighted by atomic mass is 19.1. The van der Waals surface area contributed by atoms with Gasteiger partial charge in [0.2, 0.25) is 11.8 Å². The van der Waals surface area contributed by atoms with Crippen molar-refractivity contribution in [2.45, 2.75) is 32.4 Å². The zero-order chi connectivity index (χ0) is 22.2. The quantitative estimate of drug-likeness (QED) is 0.704. The fraction of sp³-hybridized carbons (Fsp3) is 0.417. The molecule has 2 aromatic rings.